The van der Waals surface area contributed by atoms with Gasteiger partial charge >= 0.3 is 0 Å². The van der Waals surface area contributed by atoms with E-state index < -0.39 is 6.04 Å². The van der Waals surface area contributed by atoms with Gasteiger partial charge in [0, 0.05) is 35.8 Å². The summed E-state index contributed by atoms with van der Waals surface area (Å²) in [7, 11) is 1.59. The smallest absolute Gasteiger partial charge is 0.274 e. The first-order chi connectivity index (χ1) is 16.3. The monoisotopic (exact) mass is 479 g/mol. The van der Waals surface area contributed by atoms with Crippen LogP contribution in [0.5, 0.6) is 5.75 Å². The van der Waals surface area contributed by atoms with Crippen LogP contribution in [0.15, 0.2) is 65.6 Å². The summed E-state index contributed by atoms with van der Waals surface area (Å²) < 4.78 is 6.82. The van der Waals surface area contributed by atoms with Crippen LogP contribution in [0.25, 0.3) is 0 Å². The van der Waals surface area contributed by atoms with Crippen molar-refractivity contribution >= 4 is 29.1 Å². The number of aryl methyl sites for hydroxylation is 2. The van der Waals surface area contributed by atoms with Crippen LogP contribution in [0.2, 0.25) is 5.02 Å². The van der Waals surface area contributed by atoms with E-state index in [4.69, 9.17) is 16.3 Å². The number of pyridine rings is 1. The predicted octanol–water partition coefficient (Wildman–Crippen LogP) is 3.77. The summed E-state index contributed by atoms with van der Waals surface area (Å²) in [5, 5.41) is 3.41. The second-order valence-electron chi connectivity index (χ2n) is 8.23. The average Bonchev–Trinajstić information content (AvgIpc) is 3.15. The van der Waals surface area contributed by atoms with Crippen molar-refractivity contribution in [3.05, 3.63) is 92.9 Å². The molecule has 2 amide bonds. The van der Waals surface area contributed by atoms with Gasteiger partial charge in [0.1, 0.15) is 17.5 Å². The van der Waals surface area contributed by atoms with Crippen molar-refractivity contribution in [2.45, 2.75) is 32.4 Å². The molecule has 1 fully saturated rings. The minimum atomic E-state index is -0.842. The van der Waals surface area contributed by atoms with E-state index in [0.29, 0.717) is 34.1 Å². The summed E-state index contributed by atoms with van der Waals surface area (Å²) in [5.41, 5.74) is 2.09. The molecule has 1 N–H and O–H groups in total. The second kappa shape index (κ2) is 9.73. The molecule has 0 saturated carbocycles. The maximum absolute atomic E-state index is 13.7. The number of halogens is 1. The maximum Gasteiger partial charge on any atom is 0.274 e. The molecular weight excluding hydrogens is 454 g/mol. The van der Waals surface area contributed by atoms with E-state index in [1.807, 2.05) is 44.2 Å². The summed E-state index contributed by atoms with van der Waals surface area (Å²) in [6, 6.07) is 14.9. The SMILES string of the molecule is CCn1ccc(C)c(N2C[C@@H](c3ccc(OC)cc3)[C@H](NC(=O)c3ccc(Cl)cc3)C2=O)c1=O. The molecule has 8 heteroatoms. The number of amides is 2. The first-order valence-corrected chi connectivity index (χ1v) is 11.4. The van der Waals surface area contributed by atoms with Crippen LogP contribution < -0.4 is 20.5 Å². The van der Waals surface area contributed by atoms with Gasteiger partial charge in [-0.2, -0.15) is 0 Å². The Morgan fingerprint density at radius 2 is 1.76 bits per heavy atom. The third kappa shape index (κ3) is 4.43. The number of benzene rings is 2. The van der Waals surface area contributed by atoms with Gasteiger partial charge in [0.25, 0.3) is 11.5 Å². The molecular formula is C26H26ClN3O4. The summed E-state index contributed by atoms with van der Waals surface area (Å²) in [6.45, 7) is 4.45. The van der Waals surface area contributed by atoms with E-state index in [9.17, 15) is 14.4 Å². The minimum absolute atomic E-state index is 0.228. The number of hydrogen-bond acceptors (Lipinski definition) is 4. The van der Waals surface area contributed by atoms with Crippen molar-refractivity contribution < 1.29 is 14.3 Å². The zero-order valence-corrected chi connectivity index (χ0v) is 20.0. The average molecular weight is 480 g/mol. The summed E-state index contributed by atoms with van der Waals surface area (Å²) in [5.74, 6) is -0.372. The molecule has 34 heavy (non-hydrogen) atoms. The Morgan fingerprint density at radius 3 is 2.38 bits per heavy atom. The maximum atomic E-state index is 13.7. The molecule has 2 aromatic carbocycles. The first kappa shape index (κ1) is 23.6. The van der Waals surface area contributed by atoms with Crippen molar-refractivity contribution in [1.82, 2.24) is 9.88 Å². The van der Waals surface area contributed by atoms with Gasteiger partial charge in [0.2, 0.25) is 5.91 Å². The Kier molecular flexibility index (Phi) is 6.75. The number of aromatic nitrogens is 1. The predicted molar refractivity (Wildman–Crippen MR) is 132 cm³/mol. The number of methoxy groups -OCH3 is 1. The Bertz CT molecular complexity index is 1270. The number of anilines is 1. The van der Waals surface area contributed by atoms with Gasteiger partial charge in [-0.15, -0.1) is 0 Å². The van der Waals surface area contributed by atoms with Crippen LogP contribution in [-0.2, 0) is 11.3 Å². The fourth-order valence-electron chi connectivity index (χ4n) is 4.30. The third-order valence-electron chi connectivity index (χ3n) is 6.20. The quantitative estimate of drug-likeness (QED) is 0.583. The zero-order valence-electron chi connectivity index (χ0n) is 19.2. The van der Waals surface area contributed by atoms with E-state index in [-0.39, 0.29) is 29.8 Å². The number of hydrogen-bond donors (Lipinski definition) is 1. The van der Waals surface area contributed by atoms with Crippen molar-refractivity contribution in [3.63, 3.8) is 0 Å². The standard InChI is InChI=1S/C26H26ClN3O4/c1-4-29-14-13-16(2)23(26(29)33)30-15-21(17-7-11-20(34-3)12-8-17)22(25(30)32)28-24(31)18-5-9-19(27)10-6-18/h5-14,21-22H,4,15H2,1-3H3,(H,28,31)/t21-,22-/m0/s1. The van der Waals surface area contributed by atoms with Gasteiger partial charge in [0.15, 0.2) is 0 Å². The van der Waals surface area contributed by atoms with Gasteiger partial charge in [-0.3, -0.25) is 14.4 Å². The topological polar surface area (TPSA) is 80.6 Å². The number of carbonyl (C=O) groups is 2. The Balaban J connectivity index is 1.73. The molecule has 0 aliphatic carbocycles. The lowest BCUT2D eigenvalue weighted by Gasteiger charge is -2.19. The molecule has 1 aliphatic rings. The lowest BCUT2D eigenvalue weighted by Crippen LogP contribution is -2.44. The van der Waals surface area contributed by atoms with Crippen LogP contribution in [0.1, 0.15) is 34.3 Å². The molecule has 2 atom stereocenters. The highest BCUT2D eigenvalue weighted by atomic mass is 35.5. The fraction of sp³-hybridized carbons (Fsp3) is 0.269. The number of ether oxygens (including phenoxy) is 1. The van der Waals surface area contributed by atoms with E-state index in [1.54, 1.807) is 42.1 Å². The summed E-state index contributed by atoms with van der Waals surface area (Å²) >= 11 is 5.94. The van der Waals surface area contributed by atoms with E-state index in [0.717, 1.165) is 5.56 Å². The highest BCUT2D eigenvalue weighted by Gasteiger charge is 2.44. The van der Waals surface area contributed by atoms with Crippen LogP contribution in [0.4, 0.5) is 5.69 Å². The molecule has 176 valence electrons. The number of carbonyl (C=O) groups excluding carboxylic acids is 2. The van der Waals surface area contributed by atoms with E-state index in [1.165, 1.54) is 4.90 Å². The Morgan fingerprint density at radius 1 is 1.09 bits per heavy atom. The molecule has 1 aliphatic heterocycles. The number of nitrogens with zero attached hydrogens (tertiary/aromatic N) is 2. The summed E-state index contributed by atoms with van der Waals surface area (Å²) in [4.78, 5) is 41.3. The van der Waals surface area contributed by atoms with Crippen LogP contribution in [0.3, 0.4) is 0 Å². The fourth-order valence-corrected chi connectivity index (χ4v) is 4.43. The van der Waals surface area contributed by atoms with Crippen LogP contribution in [0, 0.1) is 6.92 Å². The molecule has 0 radical (unpaired) electrons. The highest BCUT2D eigenvalue weighted by Crippen LogP contribution is 2.33. The summed E-state index contributed by atoms with van der Waals surface area (Å²) in [6.07, 6.45) is 1.72. The van der Waals surface area contributed by atoms with Gasteiger partial charge in [-0.05, 0) is 67.4 Å². The van der Waals surface area contributed by atoms with Gasteiger partial charge in [-0.25, -0.2) is 0 Å². The van der Waals surface area contributed by atoms with Crippen molar-refractivity contribution in [1.29, 1.82) is 0 Å². The first-order valence-electron chi connectivity index (χ1n) is 11.1. The van der Waals surface area contributed by atoms with Crippen molar-refractivity contribution in [3.8, 4) is 5.75 Å². The Labute approximate surface area is 202 Å². The second-order valence-corrected chi connectivity index (χ2v) is 8.66. The molecule has 3 aromatic rings. The lowest BCUT2D eigenvalue weighted by atomic mass is 9.93. The lowest BCUT2D eigenvalue weighted by molar-refractivity contribution is -0.118. The zero-order chi connectivity index (χ0) is 24.4. The highest BCUT2D eigenvalue weighted by molar-refractivity contribution is 6.30. The molecule has 7 nitrogen and oxygen atoms in total. The van der Waals surface area contributed by atoms with Crippen molar-refractivity contribution in [2.75, 3.05) is 18.6 Å². The van der Waals surface area contributed by atoms with E-state index in [2.05, 4.69) is 5.32 Å². The largest absolute Gasteiger partial charge is 0.497 e. The normalized spacial score (nSPS) is 17.6. The Hall–Kier alpha value is -3.58. The van der Waals surface area contributed by atoms with Crippen LogP contribution in [-0.4, -0.2) is 36.1 Å². The molecule has 0 unspecified atom stereocenters. The van der Waals surface area contributed by atoms with E-state index >= 15 is 0 Å². The molecule has 0 bridgehead atoms. The molecule has 1 aromatic heterocycles. The van der Waals surface area contributed by atoms with Crippen LogP contribution >= 0.6 is 11.6 Å². The number of rotatable bonds is 6. The molecule has 4 rings (SSSR count). The van der Waals surface area contributed by atoms with Gasteiger partial charge in [-0.1, -0.05) is 23.7 Å². The van der Waals surface area contributed by atoms with Gasteiger partial charge in [0.05, 0.1) is 7.11 Å². The molecule has 2 heterocycles. The third-order valence-corrected chi connectivity index (χ3v) is 6.45. The molecule has 0 spiro atoms. The minimum Gasteiger partial charge on any atom is -0.497 e. The van der Waals surface area contributed by atoms with Gasteiger partial charge < -0.3 is 19.5 Å². The van der Waals surface area contributed by atoms with Crippen molar-refractivity contribution in [2.24, 2.45) is 0 Å². The molecule has 1 saturated heterocycles. The number of nitrogens with one attached hydrogen (secondary N) is 1.